The van der Waals surface area contributed by atoms with E-state index in [1.165, 1.54) is 7.11 Å². The number of ether oxygens (including phenoxy) is 10. The third-order valence-corrected chi connectivity index (χ3v) is 11.2. The SMILES string of the molecule is CO[C@H]1O[C@H](COC(=O)c2ccccc2)[C@@H](O[C@@H]2O[C@H](COCc3ccccc3)[C@@H](OCc3ccccc3)[C@@H]2OCc2ccccc2)[C@H](OC(=O)c2ccccc2)[C@@H]1OC(=O)c1ccccc1. The van der Waals surface area contributed by atoms with Gasteiger partial charge >= 0.3 is 17.9 Å². The van der Waals surface area contributed by atoms with E-state index in [1.54, 1.807) is 91.0 Å². The predicted octanol–water partition coefficient (Wildman–Crippen LogP) is 8.16. The van der Waals surface area contributed by atoms with Crippen LogP contribution in [0.3, 0.4) is 0 Å². The molecule has 8 rings (SSSR count). The second kappa shape index (κ2) is 23.8. The molecule has 346 valence electrons. The highest BCUT2D eigenvalue weighted by atomic mass is 16.8. The van der Waals surface area contributed by atoms with E-state index in [9.17, 15) is 14.4 Å². The lowest BCUT2D eigenvalue weighted by molar-refractivity contribution is -0.325. The molecule has 6 aromatic carbocycles. The van der Waals surface area contributed by atoms with Crippen molar-refractivity contribution in [1.82, 2.24) is 0 Å². The van der Waals surface area contributed by atoms with Gasteiger partial charge < -0.3 is 47.4 Å². The lowest BCUT2D eigenvalue weighted by Crippen LogP contribution is -2.63. The van der Waals surface area contributed by atoms with E-state index in [2.05, 4.69) is 0 Å². The summed E-state index contributed by atoms with van der Waals surface area (Å²) >= 11 is 0. The fraction of sp³-hybridized carbons (Fsp3) is 0.278. The van der Waals surface area contributed by atoms with Crippen molar-refractivity contribution in [3.8, 4) is 0 Å². The Morgan fingerprint density at radius 2 is 0.821 bits per heavy atom. The summed E-state index contributed by atoms with van der Waals surface area (Å²) in [7, 11) is 1.36. The molecule has 2 aliphatic heterocycles. The highest BCUT2D eigenvalue weighted by Gasteiger charge is 2.56. The molecule has 2 aliphatic rings. The number of carbonyl (C=O) groups excluding carboxylic acids is 3. The van der Waals surface area contributed by atoms with Crippen LogP contribution < -0.4 is 0 Å². The standard InChI is InChI=1S/C54H52O13/c1-58-53-49(66-52(57)42-30-18-7-19-31-42)47(65-51(56)41-28-16-6-17-29-41)46(44(63-53)36-62-50(55)40-26-14-5-15-27-40)67-54-48(61-34-39-24-12-4-13-25-39)45(60-33-38-22-10-3-11-23-38)43(64-54)35-59-32-37-20-8-2-9-21-37/h2-31,43-49,53-54H,32-36H2,1H3/t43-,44-,45-,46-,47+,48+,49+,53+,54+/m1/s1. The van der Waals surface area contributed by atoms with Crippen molar-refractivity contribution in [3.05, 3.63) is 215 Å². The normalized spacial score (nSPS) is 23.5. The van der Waals surface area contributed by atoms with Gasteiger partial charge in [-0.2, -0.15) is 0 Å². The van der Waals surface area contributed by atoms with E-state index >= 15 is 0 Å². The average molecular weight is 909 g/mol. The molecule has 0 radical (unpaired) electrons. The van der Waals surface area contributed by atoms with Crippen LogP contribution in [0.25, 0.3) is 0 Å². The molecule has 67 heavy (non-hydrogen) atoms. The van der Waals surface area contributed by atoms with Crippen LogP contribution in [0.15, 0.2) is 182 Å². The molecule has 2 fully saturated rings. The van der Waals surface area contributed by atoms with Crippen molar-refractivity contribution in [3.63, 3.8) is 0 Å². The van der Waals surface area contributed by atoms with Gasteiger partial charge in [-0.1, -0.05) is 146 Å². The second-order valence-corrected chi connectivity index (χ2v) is 15.9. The highest BCUT2D eigenvalue weighted by molar-refractivity contribution is 5.90. The first-order chi connectivity index (χ1) is 32.9. The second-order valence-electron chi connectivity index (χ2n) is 15.9. The van der Waals surface area contributed by atoms with Gasteiger partial charge in [0, 0.05) is 7.11 Å². The van der Waals surface area contributed by atoms with E-state index in [0.29, 0.717) is 12.2 Å². The Bertz CT molecular complexity index is 2430. The molecule has 6 aromatic rings. The molecule has 0 spiro atoms. The molecule has 9 atom stereocenters. The maximum atomic E-state index is 14.2. The van der Waals surface area contributed by atoms with Crippen molar-refractivity contribution in [2.45, 2.75) is 75.1 Å². The highest BCUT2D eigenvalue weighted by Crippen LogP contribution is 2.36. The first-order valence-electron chi connectivity index (χ1n) is 22.1. The van der Waals surface area contributed by atoms with Gasteiger partial charge in [-0.05, 0) is 53.1 Å². The largest absolute Gasteiger partial charge is 0.459 e. The first-order valence-corrected chi connectivity index (χ1v) is 22.1. The zero-order valence-corrected chi connectivity index (χ0v) is 36.9. The molecule has 13 nitrogen and oxygen atoms in total. The number of carbonyl (C=O) groups is 3. The Hall–Kier alpha value is -6.55. The first kappa shape index (κ1) is 47.0. The zero-order valence-electron chi connectivity index (χ0n) is 36.9. The van der Waals surface area contributed by atoms with E-state index in [1.807, 2.05) is 91.0 Å². The Kier molecular flexibility index (Phi) is 16.7. The minimum Gasteiger partial charge on any atom is -0.459 e. The molecule has 0 bridgehead atoms. The van der Waals surface area contributed by atoms with Gasteiger partial charge in [0.1, 0.15) is 37.1 Å². The molecule has 0 amide bonds. The number of hydrogen-bond acceptors (Lipinski definition) is 13. The fourth-order valence-corrected chi connectivity index (χ4v) is 7.84. The van der Waals surface area contributed by atoms with Gasteiger partial charge in [0.2, 0.25) is 0 Å². The number of methoxy groups -OCH3 is 1. The molecule has 0 saturated carbocycles. The summed E-state index contributed by atoms with van der Waals surface area (Å²) in [5.74, 6) is -2.13. The van der Waals surface area contributed by atoms with Crippen LogP contribution in [-0.2, 0) is 67.2 Å². The van der Waals surface area contributed by atoms with Gasteiger partial charge in [-0.25, -0.2) is 14.4 Å². The lowest BCUT2D eigenvalue weighted by Gasteiger charge is -2.45. The third kappa shape index (κ3) is 12.7. The van der Waals surface area contributed by atoms with Gasteiger partial charge in [-0.15, -0.1) is 0 Å². The van der Waals surface area contributed by atoms with Gasteiger partial charge in [-0.3, -0.25) is 0 Å². The molecule has 0 N–H and O–H groups in total. The van der Waals surface area contributed by atoms with Crippen molar-refractivity contribution >= 4 is 17.9 Å². The lowest BCUT2D eigenvalue weighted by atomic mass is 9.97. The van der Waals surface area contributed by atoms with Crippen LogP contribution in [0.5, 0.6) is 0 Å². The predicted molar refractivity (Wildman–Crippen MR) is 243 cm³/mol. The Morgan fingerprint density at radius 3 is 1.31 bits per heavy atom. The van der Waals surface area contributed by atoms with Crippen molar-refractivity contribution < 1.29 is 61.8 Å². The van der Waals surface area contributed by atoms with E-state index in [4.69, 9.17) is 47.4 Å². The summed E-state index contributed by atoms with van der Waals surface area (Å²) in [5, 5.41) is 0. The minimum absolute atomic E-state index is 0.0776. The fourth-order valence-electron chi connectivity index (χ4n) is 7.84. The summed E-state index contributed by atoms with van der Waals surface area (Å²) in [6, 6.07) is 54.2. The molecule has 0 aromatic heterocycles. The topological polar surface area (TPSA) is 144 Å². The van der Waals surface area contributed by atoms with Crippen LogP contribution in [0.1, 0.15) is 47.8 Å². The Balaban J connectivity index is 1.17. The van der Waals surface area contributed by atoms with Gasteiger partial charge in [0.15, 0.2) is 24.8 Å². The maximum absolute atomic E-state index is 14.2. The number of benzene rings is 6. The molecule has 2 saturated heterocycles. The zero-order chi connectivity index (χ0) is 46.2. The van der Waals surface area contributed by atoms with E-state index in [0.717, 1.165) is 16.7 Å². The Morgan fingerprint density at radius 1 is 0.418 bits per heavy atom. The van der Waals surface area contributed by atoms with Crippen LogP contribution in [-0.4, -0.2) is 93.5 Å². The smallest absolute Gasteiger partial charge is 0.338 e. The molecule has 0 unspecified atom stereocenters. The Labute approximate surface area is 389 Å². The van der Waals surface area contributed by atoms with Crippen LogP contribution >= 0.6 is 0 Å². The third-order valence-electron chi connectivity index (χ3n) is 11.2. The maximum Gasteiger partial charge on any atom is 0.338 e. The van der Waals surface area contributed by atoms with Gasteiger partial charge in [0.25, 0.3) is 0 Å². The van der Waals surface area contributed by atoms with E-state index in [-0.39, 0.29) is 30.9 Å². The number of esters is 3. The molecule has 2 heterocycles. The molecular formula is C54H52O13. The molecule has 13 heteroatoms. The quantitative estimate of drug-likeness (QED) is 0.0537. The van der Waals surface area contributed by atoms with Crippen molar-refractivity contribution in [1.29, 1.82) is 0 Å². The summed E-state index contributed by atoms with van der Waals surface area (Å²) in [4.78, 5) is 41.5. The van der Waals surface area contributed by atoms with Crippen LogP contribution in [0, 0.1) is 0 Å². The number of hydrogen-bond donors (Lipinski definition) is 0. The summed E-state index contributed by atoms with van der Waals surface area (Å²) in [6.07, 6.45) is -10.5. The van der Waals surface area contributed by atoms with Crippen molar-refractivity contribution in [2.75, 3.05) is 20.3 Å². The average Bonchev–Trinajstić information content (AvgIpc) is 3.71. The number of rotatable bonds is 20. The minimum atomic E-state index is -1.45. The monoisotopic (exact) mass is 908 g/mol. The van der Waals surface area contributed by atoms with E-state index < -0.39 is 79.8 Å². The van der Waals surface area contributed by atoms with Crippen LogP contribution in [0.4, 0.5) is 0 Å². The summed E-state index contributed by atoms with van der Waals surface area (Å²) < 4.78 is 64.2. The molecule has 0 aliphatic carbocycles. The van der Waals surface area contributed by atoms with Crippen molar-refractivity contribution in [2.24, 2.45) is 0 Å². The van der Waals surface area contributed by atoms with Crippen LogP contribution in [0.2, 0.25) is 0 Å². The van der Waals surface area contributed by atoms with Gasteiger partial charge in [0.05, 0.1) is 43.1 Å². The molecular weight excluding hydrogens is 857 g/mol. The summed E-state index contributed by atoms with van der Waals surface area (Å²) in [6.45, 7) is 0.317. The summed E-state index contributed by atoms with van der Waals surface area (Å²) in [5.41, 5.74) is 3.50.